The van der Waals surface area contributed by atoms with Crippen LogP contribution < -0.4 is 16.0 Å². The van der Waals surface area contributed by atoms with E-state index < -0.39 is 29.8 Å². The van der Waals surface area contributed by atoms with Crippen molar-refractivity contribution >= 4 is 28.7 Å². The number of hydrogen-bond donors (Lipinski definition) is 3. The number of nitrogens with one attached hydrogen (secondary N) is 3. The van der Waals surface area contributed by atoms with Crippen LogP contribution in [-0.2, 0) is 16.0 Å². The molecule has 2 amide bonds. The van der Waals surface area contributed by atoms with Gasteiger partial charge in [0.15, 0.2) is 0 Å². The van der Waals surface area contributed by atoms with Gasteiger partial charge in [0.2, 0.25) is 11.8 Å². The second kappa shape index (κ2) is 7.58. The minimum Gasteiger partial charge on any atom is -0.457 e. The van der Waals surface area contributed by atoms with E-state index >= 15 is 0 Å². The molecule has 3 unspecified atom stereocenters. The lowest BCUT2D eigenvalue weighted by atomic mass is 10.0. The zero-order valence-corrected chi connectivity index (χ0v) is 16.7. The molecule has 2 aliphatic rings. The quantitative estimate of drug-likeness (QED) is 0.545. The van der Waals surface area contributed by atoms with Crippen molar-refractivity contribution in [3.63, 3.8) is 0 Å². The average molecular weight is 420 g/mol. The number of nitriles is 1. The molecule has 0 radical (unpaired) electrons. The first-order chi connectivity index (χ1) is 15.0. The van der Waals surface area contributed by atoms with E-state index in [1.807, 2.05) is 0 Å². The topological polar surface area (TPSA) is 107 Å². The van der Waals surface area contributed by atoms with E-state index in [1.165, 1.54) is 6.07 Å². The third kappa shape index (κ3) is 3.79. The van der Waals surface area contributed by atoms with Crippen LogP contribution >= 0.6 is 0 Å². The molecule has 3 aromatic rings. The molecule has 5 rings (SSSR count). The van der Waals surface area contributed by atoms with Gasteiger partial charge in [0, 0.05) is 12.0 Å². The molecule has 0 saturated heterocycles. The fourth-order valence-electron chi connectivity index (χ4n) is 4.15. The Balaban J connectivity index is 1.27. The Hall–Kier alpha value is -3.60. The van der Waals surface area contributed by atoms with Gasteiger partial charge in [-0.25, -0.2) is 4.39 Å². The fraction of sp³-hybridized carbons (Fsp3) is 0.348. The molecule has 3 heterocycles. The number of para-hydroxylation sites is 1. The standard InChI is InChI=1S/C23H21FN4O3/c24-16-3-1-2-13-9-18(26-21(13)16)23(30)27-17(8-12-4-5-12)22(29)28-19(11-25)15-10-14-6-7-20(15)31-14/h1-3,6-7,10,12,17-19,26H,4-5,8-9H2,(H,27,30)(H,28,29). The molecule has 0 spiro atoms. The van der Waals surface area contributed by atoms with Crippen LogP contribution in [0.5, 0.6) is 0 Å². The second-order valence-corrected chi connectivity index (χ2v) is 8.29. The van der Waals surface area contributed by atoms with Crippen molar-refractivity contribution in [2.45, 2.75) is 43.8 Å². The Bertz CT molecular complexity index is 1180. The lowest BCUT2D eigenvalue weighted by molar-refractivity contribution is -0.129. The second-order valence-electron chi connectivity index (χ2n) is 8.29. The van der Waals surface area contributed by atoms with Crippen molar-refractivity contribution in [3.8, 4) is 6.07 Å². The molecular formula is C23H21FN4O3. The van der Waals surface area contributed by atoms with E-state index in [1.54, 1.807) is 30.3 Å². The molecule has 2 bridgehead atoms. The van der Waals surface area contributed by atoms with Crippen LogP contribution in [0.3, 0.4) is 0 Å². The third-order valence-corrected chi connectivity index (χ3v) is 5.99. The minimum absolute atomic E-state index is 0.334. The Morgan fingerprint density at radius 2 is 2.10 bits per heavy atom. The predicted molar refractivity (Wildman–Crippen MR) is 111 cm³/mol. The van der Waals surface area contributed by atoms with Gasteiger partial charge in [0.05, 0.1) is 11.8 Å². The van der Waals surface area contributed by atoms with Gasteiger partial charge < -0.3 is 20.4 Å². The van der Waals surface area contributed by atoms with Gasteiger partial charge in [-0.15, -0.1) is 0 Å². The monoisotopic (exact) mass is 420 g/mol. The third-order valence-electron chi connectivity index (χ3n) is 5.99. The van der Waals surface area contributed by atoms with Gasteiger partial charge in [-0.1, -0.05) is 25.0 Å². The van der Waals surface area contributed by atoms with E-state index in [0.717, 1.165) is 18.4 Å². The Morgan fingerprint density at radius 1 is 1.26 bits per heavy atom. The van der Waals surface area contributed by atoms with Crippen LogP contribution in [0.2, 0.25) is 0 Å². The first-order valence-electron chi connectivity index (χ1n) is 10.4. The summed E-state index contributed by atoms with van der Waals surface area (Å²) in [7, 11) is 0. The number of carbonyl (C=O) groups is 2. The summed E-state index contributed by atoms with van der Waals surface area (Å²) in [6.07, 6.45) is 2.89. The van der Waals surface area contributed by atoms with Crippen LogP contribution in [0, 0.1) is 23.1 Å². The number of fused-ring (bicyclic) bond motifs is 3. The number of hydrogen-bond acceptors (Lipinski definition) is 5. The first kappa shape index (κ1) is 19.4. The molecular weight excluding hydrogens is 399 g/mol. The summed E-state index contributed by atoms with van der Waals surface area (Å²) >= 11 is 0. The summed E-state index contributed by atoms with van der Waals surface area (Å²) < 4.78 is 19.5. The summed E-state index contributed by atoms with van der Waals surface area (Å²) in [6.45, 7) is 0. The van der Waals surface area contributed by atoms with Crippen LogP contribution in [0.1, 0.15) is 36.4 Å². The van der Waals surface area contributed by atoms with Gasteiger partial charge in [-0.2, -0.15) is 5.26 Å². The molecule has 2 aromatic heterocycles. The van der Waals surface area contributed by atoms with Crippen LogP contribution in [0.25, 0.3) is 11.2 Å². The van der Waals surface area contributed by atoms with Gasteiger partial charge in [-0.3, -0.25) is 9.59 Å². The average Bonchev–Trinajstić information content (AvgIpc) is 3.16. The molecule has 31 heavy (non-hydrogen) atoms. The normalized spacial score (nSPS) is 19.3. The van der Waals surface area contributed by atoms with Gasteiger partial charge in [0.25, 0.3) is 0 Å². The highest BCUT2D eigenvalue weighted by Crippen LogP contribution is 2.34. The maximum atomic E-state index is 14.0. The van der Waals surface area contributed by atoms with Crippen molar-refractivity contribution in [1.82, 2.24) is 10.6 Å². The van der Waals surface area contributed by atoms with E-state index in [-0.39, 0.29) is 5.91 Å². The van der Waals surface area contributed by atoms with Gasteiger partial charge in [-0.05, 0) is 42.2 Å². The Labute approximate surface area is 177 Å². The number of amides is 2. The Morgan fingerprint density at radius 3 is 2.74 bits per heavy atom. The number of nitrogens with zero attached hydrogens (tertiary/aromatic N) is 1. The SMILES string of the molecule is N#CC(NC(=O)C(CC1CC1)NC(=O)C1Cc2cccc(F)c2N1)c1cc2ccc1o2. The summed E-state index contributed by atoms with van der Waals surface area (Å²) in [5.41, 5.74) is 2.87. The number of halogens is 1. The largest absolute Gasteiger partial charge is 0.457 e. The van der Waals surface area contributed by atoms with E-state index in [9.17, 15) is 19.2 Å². The molecule has 8 heteroatoms. The van der Waals surface area contributed by atoms with E-state index in [4.69, 9.17) is 4.42 Å². The molecule has 7 nitrogen and oxygen atoms in total. The highest BCUT2D eigenvalue weighted by molar-refractivity contribution is 5.93. The summed E-state index contributed by atoms with van der Waals surface area (Å²) in [4.78, 5) is 25.9. The smallest absolute Gasteiger partial charge is 0.243 e. The molecule has 1 aliphatic carbocycles. The van der Waals surface area contributed by atoms with Crippen molar-refractivity contribution < 1.29 is 18.4 Å². The molecule has 3 N–H and O–H groups in total. The fourth-order valence-corrected chi connectivity index (χ4v) is 4.15. The number of anilines is 1. The zero-order chi connectivity index (χ0) is 21.5. The molecule has 1 aromatic carbocycles. The molecule has 3 atom stereocenters. The minimum atomic E-state index is -0.869. The van der Waals surface area contributed by atoms with E-state index in [2.05, 4.69) is 22.0 Å². The van der Waals surface area contributed by atoms with Crippen molar-refractivity contribution in [1.29, 1.82) is 5.26 Å². The highest BCUT2D eigenvalue weighted by Gasteiger charge is 2.35. The number of furan rings is 2. The predicted octanol–water partition coefficient (Wildman–Crippen LogP) is 3.01. The van der Waals surface area contributed by atoms with Gasteiger partial charge >= 0.3 is 0 Å². The van der Waals surface area contributed by atoms with Crippen molar-refractivity contribution in [2.24, 2.45) is 5.92 Å². The highest BCUT2D eigenvalue weighted by atomic mass is 19.1. The summed E-state index contributed by atoms with van der Waals surface area (Å²) in [6, 6.07) is 9.83. The number of carbonyl (C=O) groups excluding carboxylic acids is 2. The van der Waals surface area contributed by atoms with E-state index in [0.29, 0.717) is 41.2 Å². The van der Waals surface area contributed by atoms with Crippen molar-refractivity contribution in [3.05, 3.63) is 53.3 Å². The number of rotatable bonds is 7. The van der Waals surface area contributed by atoms with Crippen LogP contribution in [-0.4, -0.2) is 23.9 Å². The lowest BCUT2D eigenvalue weighted by Crippen LogP contribution is -2.51. The maximum Gasteiger partial charge on any atom is 0.243 e. The first-order valence-corrected chi connectivity index (χ1v) is 10.4. The lowest BCUT2D eigenvalue weighted by Gasteiger charge is -2.22. The van der Waals surface area contributed by atoms with Gasteiger partial charge in [0.1, 0.15) is 35.1 Å². The maximum absolute atomic E-state index is 14.0. The molecule has 158 valence electrons. The van der Waals surface area contributed by atoms with Crippen LogP contribution in [0.15, 0.2) is 40.8 Å². The van der Waals surface area contributed by atoms with Crippen molar-refractivity contribution in [2.75, 3.05) is 5.32 Å². The zero-order valence-electron chi connectivity index (χ0n) is 16.7. The summed E-state index contributed by atoms with van der Waals surface area (Å²) in [5.74, 6) is -0.796. The molecule has 1 fully saturated rings. The Kier molecular flexibility index (Phi) is 4.74. The molecule has 1 saturated carbocycles. The molecule has 1 aliphatic heterocycles. The number of benzene rings is 2. The van der Waals surface area contributed by atoms with Crippen LogP contribution in [0.4, 0.5) is 10.1 Å². The summed E-state index contributed by atoms with van der Waals surface area (Å²) in [5, 5.41) is 18.1.